The van der Waals surface area contributed by atoms with Crippen LogP contribution in [0.5, 0.6) is 5.88 Å². The molecule has 0 radical (unpaired) electrons. The number of hydrogen-bond donors (Lipinski definition) is 0. The predicted molar refractivity (Wildman–Crippen MR) is 59.1 cm³/mol. The summed E-state index contributed by atoms with van der Waals surface area (Å²) >= 11 is 0. The van der Waals surface area contributed by atoms with Crippen molar-refractivity contribution in [1.82, 2.24) is 4.98 Å². The number of hydrogen-bond acceptors (Lipinski definition) is 3. The molecule has 1 aromatic rings. The van der Waals surface area contributed by atoms with Crippen LogP contribution in [0.25, 0.3) is 0 Å². The Morgan fingerprint density at radius 1 is 1.36 bits per heavy atom. The quantitative estimate of drug-likeness (QED) is 0.734. The Labute approximate surface area is 85.7 Å². The molecule has 0 atom stereocenters. The van der Waals surface area contributed by atoms with E-state index in [-0.39, 0.29) is 0 Å². The van der Waals surface area contributed by atoms with Crippen molar-refractivity contribution >= 4 is 5.69 Å². The summed E-state index contributed by atoms with van der Waals surface area (Å²) in [6, 6.07) is 4.11. The summed E-state index contributed by atoms with van der Waals surface area (Å²) in [5.74, 6) is 0.709. The van der Waals surface area contributed by atoms with Crippen LogP contribution in [0.3, 0.4) is 0 Å². The minimum absolute atomic E-state index is 0.709. The van der Waals surface area contributed by atoms with E-state index in [0.717, 1.165) is 24.2 Å². The summed E-state index contributed by atoms with van der Waals surface area (Å²) in [6.45, 7) is 2.15. The van der Waals surface area contributed by atoms with Gasteiger partial charge in [0, 0.05) is 19.8 Å². The van der Waals surface area contributed by atoms with Gasteiger partial charge in [0.05, 0.1) is 12.8 Å². The molecular formula is C11H18N2O. The summed E-state index contributed by atoms with van der Waals surface area (Å²) in [5, 5.41) is 0. The zero-order valence-electron chi connectivity index (χ0n) is 9.37. The maximum absolute atomic E-state index is 5.24. The first-order valence-corrected chi connectivity index (χ1v) is 4.90. The summed E-state index contributed by atoms with van der Waals surface area (Å²) in [6.07, 6.45) is 2.11. The largest absolute Gasteiger partial charge is 0.480 e. The maximum atomic E-state index is 5.24. The van der Waals surface area contributed by atoms with Gasteiger partial charge in [-0.3, -0.25) is 0 Å². The highest BCUT2D eigenvalue weighted by Gasteiger charge is 2.07. The lowest BCUT2D eigenvalue weighted by Gasteiger charge is -2.16. The molecule has 0 bridgehead atoms. The number of pyridine rings is 1. The Bertz CT molecular complexity index is 297. The Morgan fingerprint density at radius 3 is 2.57 bits per heavy atom. The number of aryl methyl sites for hydroxylation is 1. The Kier molecular flexibility index (Phi) is 3.74. The highest BCUT2D eigenvalue weighted by atomic mass is 16.5. The lowest BCUT2D eigenvalue weighted by molar-refractivity contribution is 0.397. The lowest BCUT2D eigenvalue weighted by Crippen LogP contribution is -2.11. The van der Waals surface area contributed by atoms with Gasteiger partial charge in [-0.05, 0) is 18.6 Å². The molecule has 78 valence electrons. The van der Waals surface area contributed by atoms with Crippen molar-refractivity contribution in [1.29, 1.82) is 0 Å². The van der Waals surface area contributed by atoms with Gasteiger partial charge in [-0.25, -0.2) is 4.98 Å². The third kappa shape index (κ3) is 2.37. The van der Waals surface area contributed by atoms with Crippen LogP contribution in [0.1, 0.15) is 19.0 Å². The summed E-state index contributed by atoms with van der Waals surface area (Å²) in [5.41, 5.74) is 2.11. The molecule has 0 aliphatic heterocycles. The molecule has 0 unspecified atom stereocenters. The average Bonchev–Trinajstić information content (AvgIpc) is 2.17. The molecule has 1 aromatic heterocycles. The number of rotatable bonds is 4. The van der Waals surface area contributed by atoms with E-state index in [1.807, 2.05) is 19.0 Å². The van der Waals surface area contributed by atoms with Crippen molar-refractivity contribution in [2.75, 3.05) is 26.1 Å². The van der Waals surface area contributed by atoms with Gasteiger partial charge in [-0.15, -0.1) is 0 Å². The van der Waals surface area contributed by atoms with E-state index in [1.54, 1.807) is 7.11 Å². The van der Waals surface area contributed by atoms with Crippen LogP contribution in [0.4, 0.5) is 5.69 Å². The molecule has 1 heterocycles. The van der Waals surface area contributed by atoms with Crippen molar-refractivity contribution in [2.45, 2.75) is 19.8 Å². The molecule has 14 heavy (non-hydrogen) atoms. The molecule has 3 heteroatoms. The van der Waals surface area contributed by atoms with Crippen LogP contribution >= 0.6 is 0 Å². The summed E-state index contributed by atoms with van der Waals surface area (Å²) in [4.78, 5) is 6.44. The van der Waals surface area contributed by atoms with Crippen molar-refractivity contribution in [3.63, 3.8) is 0 Å². The van der Waals surface area contributed by atoms with E-state index in [9.17, 15) is 0 Å². The van der Waals surface area contributed by atoms with Gasteiger partial charge >= 0.3 is 0 Å². The maximum Gasteiger partial charge on any atom is 0.237 e. The Morgan fingerprint density at radius 2 is 2.07 bits per heavy atom. The number of aromatic nitrogens is 1. The fraction of sp³-hybridized carbons (Fsp3) is 0.545. The second kappa shape index (κ2) is 4.84. The summed E-state index contributed by atoms with van der Waals surface area (Å²) < 4.78 is 5.24. The predicted octanol–water partition coefficient (Wildman–Crippen LogP) is 2.11. The van der Waals surface area contributed by atoms with Crippen LogP contribution in [0.15, 0.2) is 12.1 Å². The topological polar surface area (TPSA) is 25.4 Å². The van der Waals surface area contributed by atoms with E-state index in [0.29, 0.717) is 5.88 Å². The molecule has 0 aromatic carbocycles. The van der Waals surface area contributed by atoms with Crippen molar-refractivity contribution < 1.29 is 4.74 Å². The third-order valence-corrected chi connectivity index (χ3v) is 2.08. The number of anilines is 1. The zero-order chi connectivity index (χ0) is 10.6. The lowest BCUT2D eigenvalue weighted by atomic mass is 10.2. The Hall–Kier alpha value is -1.25. The summed E-state index contributed by atoms with van der Waals surface area (Å²) in [7, 11) is 5.63. The molecule has 0 saturated carbocycles. The van der Waals surface area contributed by atoms with Crippen LogP contribution < -0.4 is 9.64 Å². The highest BCUT2D eigenvalue weighted by molar-refractivity contribution is 5.54. The van der Waals surface area contributed by atoms with Gasteiger partial charge in [0.15, 0.2) is 0 Å². The fourth-order valence-corrected chi connectivity index (χ4v) is 1.36. The Balaban J connectivity index is 2.99. The standard InChI is InChI=1S/C11H18N2O/c1-5-6-9-7-8-10(13(2)3)11(12-9)14-4/h7-8H,5-6H2,1-4H3. The fourth-order valence-electron chi connectivity index (χ4n) is 1.36. The van der Waals surface area contributed by atoms with Crippen molar-refractivity contribution in [3.8, 4) is 5.88 Å². The van der Waals surface area contributed by atoms with Gasteiger partial charge in [-0.2, -0.15) is 0 Å². The number of ether oxygens (including phenoxy) is 1. The minimum atomic E-state index is 0.709. The molecule has 0 spiro atoms. The number of nitrogens with zero attached hydrogens (tertiary/aromatic N) is 2. The molecular weight excluding hydrogens is 176 g/mol. The third-order valence-electron chi connectivity index (χ3n) is 2.08. The smallest absolute Gasteiger partial charge is 0.237 e. The second-order valence-corrected chi connectivity index (χ2v) is 3.48. The van der Waals surface area contributed by atoms with Gasteiger partial charge in [0.1, 0.15) is 0 Å². The highest BCUT2D eigenvalue weighted by Crippen LogP contribution is 2.24. The van der Waals surface area contributed by atoms with Gasteiger partial charge in [0.2, 0.25) is 5.88 Å². The molecule has 0 fully saturated rings. The normalized spacial score (nSPS) is 10.0. The SMILES string of the molecule is CCCc1ccc(N(C)C)c(OC)n1. The van der Waals surface area contributed by atoms with E-state index in [1.165, 1.54) is 0 Å². The van der Waals surface area contributed by atoms with Crippen LogP contribution in [-0.2, 0) is 6.42 Å². The average molecular weight is 194 g/mol. The van der Waals surface area contributed by atoms with Crippen LogP contribution in [-0.4, -0.2) is 26.2 Å². The van der Waals surface area contributed by atoms with Crippen molar-refractivity contribution in [2.24, 2.45) is 0 Å². The molecule has 0 aliphatic rings. The number of methoxy groups -OCH3 is 1. The first kappa shape index (κ1) is 10.8. The molecule has 3 nitrogen and oxygen atoms in total. The molecule has 0 N–H and O–H groups in total. The minimum Gasteiger partial charge on any atom is -0.480 e. The van der Waals surface area contributed by atoms with Gasteiger partial charge in [-0.1, -0.05) is 13.3 Å². The van der Waals surface area contributed by atoms with Crippen LogP contribution in [0.2, 0.25) is 0 Å². The molecule has 1 rings (SSSR count). The zero-order valence-corrected chi connectivity index (χ0v) is 9.37. The van der Waals surface area contributed by atoms with Gasteiger partial charge < -0.3 is 9.64 Å². The van der Waals surface area contributed by atoms with E-state index >= 15 is 0 Å². The van der Waals surface area contributed by atoms with E-state index in [2.05, 4.69) is 24.0 Å². The van der Waals surface area contributed by atoms with Crippen LogP contribution in [0, 0.1) is 0 Å². The van der Waals surface area contributed by atoms with E-state index in [4.69, 9.17) is 4.74 Å². The molecule has 0 amide bonds. The van der Waals surface area contributed by atoms with Gasteiger partial charge in [0.25, 0.3) is 0 Å². The second-order valence-electron chi connectivity index (χ2n) is 3.48. The van der Waals surface area contributed by atoms with Crippen molar-refractivity contribution in [3.05, 3.63) is 17.8 Å². The molecule has 0 saturated heterocycles. The first-order valence-electron chi connectivity index (χ1n) is 4.90. The van der Waals surface area contributed by atoms with E-state index < -0.39 is 0 Å². The first-order chi connectivity index (χ1) is 6.69. The molecule has 0 aliphatic carbocycles. The monoisotopic (exact) mass is 194 g/mol.